The van der Waals surface area contributed by atoms with Crippen LogP contribution in [0.3, 0.4) is 0 Å². The van der Waals surface area contributed by atoms with Crippen LogP contribution in [0.4, 0.5) is 0 Å². The van der Waals surface area contributed by atoms with Crippen LogP contribution in [-0.4, -0.2) is 125 Å². The van der Waals surface area contributed by atoms with Crippen molar-refractivity contribution in [1.29, 1.82) is 5.41 Å². The first-order valence-electron chi connectivity index (χ1n) is 21.8. The van der Waals surface area contributed by atoms with E-state index in [0.717, 1.165) is 25.0 Å². The molecular formula is C46H72N4O10. The number of likely N-dealkylation sites (tertiary alicyclic amines) is 1. The molecule has 14 atom stereocenters. The van der Waals surface area contributed by atoms with E-state index >= 15 is 0 Å². The summed E-state index contributed by atoms with van der Waals surface area (Å²) in [7, 11) is 0. The molecule has 3 fully saturated rings. The number of hydrogen-bond donors (Lipinski definition) is 11. The van der Waals surface area contributed by atoms with Crippen LogP contribution in [-0.2, 0) is 9.59 Å². The van der Waals surface area contributed by atoms with Crippen molar-refractivity contribution < 1.29 is 50.4 Å². The predicted molar refractivity (Wildman–Crippen MR) is 230 cm³/mol. The van der Waals surface area contributed by atoms with E-state index in [4.69, 9.17) is 11.1 Å². The summed E-state index contributed by atoms with van der Waals surface area (Å²) in [5, 5.41) is 96.8. The van der Waals surface area contributed by atoms with Gasteiger partial charge in [0.15, 0.2) is 11.7 Å². The molecule has 2 saturated heterocycles. The predicted octanol–water partition coefficient (Wildman–Crippen LogP) is 3.22. The molecule has 336 valence electrons. The van der Waals surface area contributed by atoms with Crippen LogP contribution >= 0.6 is 0 Å². The maximum absolute atomic E-state index is 12.8. The molecule has 14 nitrogen and oxygen atoms in total. The number of rotatable bonds is 19. The Kier molecular flexibility index (Phi) is 17.9. The highest BCUT2D eigenvalue weighted by atomic mass is 16.3. The van der Waals surface area contributed by atoms with E-state index in [1.165, 1.54) is 0 Å². The molecule has 4 aliphatic rings. The minimum atomic E-state index is -1.08. The van der Waals surface area contributed by atoms with Crippen LogP contribution in [0.15, 0.2) is 71.1 Å². The molecule has 1 saturated carbocycles. The van der Waals surface area contributed by atoms with Gasteiger partial charge in [0, 0.05) is 29.8 Å². The molecule has 14 heteroatoms. The molecule has 2 heterocycles. The second kappa shape index (κ2) is 21.9. The van der Waals surface area contributed by atoms with Crippen molar-refractivity contribution in [2.45, 2.75) is 148 Å². The van der Waals surface area contributed by atoms with Crippen molar-refractivity contribution in [2.75, 3.05) is 13.1 Å². The lowest BCUT2D eigenvalue weighted by Crippen LogP contribution is -2.53. The zero-order valence-electron chi connectivity index (χ0n) is 36.0. The summed E-state index contributed by atoms with van der Waals surface area (Å²) in [5.41, 5.74) is 5.87. The van der Waals surface area contributed by atoms with Gasteiger partial charge in [-0.05, 0) is 101 Å². The summed E-state index contributed by atoms with van der Waals surface area (Å²) in [6.07, 6.45) is 12.9. The van der Waals surface area contributed by atoms with Gasteiger partial charge in [0.05, 0.1) is 49.3 Å². The number of guanidine groups is 1. The number of fused-ring (bicyclic) bond motifs is 1. The Balaban J connectivity index is 1.26. The van der Waals surface area contributed by atoms with Gasteiger partial charge in [-0.1, -0.05) is 75.0 Å². The molecule has 2 aliphatic carbocycles. The molecule has 4 rings (SSSR count). The molecule has 0 radical (unpaired) electrons. The van der Waals surface area contributed by atoms with Crippen LogP contribution in [0, 0.1) is 40.4 Å². The highest BCUT2D eigenvalue weighted by Crippen LogP contribution is 2.58. The number of carbonyl (C=O) groups excluding carboxylic acids is 2. The summed E-state index contributed by atoms with van der Waals surface area (Å²) in [6, 6.07) is 0.0535. The monoisotopic (exact) mass is 841 g/mol. The molecule has 0 spiro atoms. The largest absolute Gasteiger partial charge is 0.511 e. The fraction of sp³-hybridized carbons (Fsp3) is 0.674. The van der Waals surface area contributed by atoms with Crippen molar-refractivity contribution >= 4 is 17.6 Å². The smallest absolute Gasteiger partial charge is 0.258 e. The van der Waals surface area contributed by atoms with Crippen LogP contribution < -0.4 is 11.1 Å². The number of carbonyl (C=O) groups is 2. The van der Waals surface area contributed by atoms with E-state index in [1.807, 2.05) is 38.7 Å². The summed E-state index contributed by atoms with van der Waals surface area (Å²) in [5.74, 6) is -3.01. The Hall–Kier alpha value is -3.63. The summed E-state index contributed by atoms with van der Waals surface area (Å²) < 4.78 is 0. The third-order valence-electron chi connectivity index (χ3n) is 13.7. The van der Waals surface area contributed by atoms with Gasteiger partial charge in [0.1, 0.15) is 11.3 Å². The Labute approximate surface area is 355 Å². The van der Waals surface area contributed by atoms with Crippen molar-refractivity contribution in [3.63, 3.8) is 0 Å². The maximum Gasteiger partial charge on any atom is 0.258 e. The van der Waals surface area contributed by atoms with E-state index in [9.17, 15) is 50.4 Å². The maximum atomic E-state index is 12.8. The number of nitrogens with one attached hydrogen (secondary N) is 2. The highest BCUT2D eigenvalue weighted by molar-refractivity contribution is 6.25. The van der Waals surface area contributed by atoms with E-state index in [2.05, 4.69) is 5.32 Å². The van der Waals surface area contributed by atoms with Crippen LogP contribution in [0.25, 0.3) is 0 Å². The normalized spacial score (nSPS) is 32.2. The van der Waals surface area contributed by atoms with Gasteiger partial charge >= 0.3 is 0 Å². The number of nitrogens with zero attached hydrogens (tertiary/aromatic N) is 1. The summed E-state index contributed by atoms with van der Waals surface area (Å²) in [4.78, 5) is 27.3. The number of aliphatic hydroxyl groups is 8. The lowest BCUT2D eigenvalue weighted by Gasteiger charge is -2.54. The number of Topliss-reactive ketones (excluding diaryl/α,β-unsaturated/α-hetero) is 1. The Morgan fingerprint density at radius 1 is 1.00 bits per heavy atom. The molecular weight excluding hydrogens is 769 g/mol. The number of amides is 1. The van der Waals surface area contributed by atoms with Crippen molar-refractivity contribution in [1.82, 2.24) is 10.2 Å². The molecule has 0 aromatic heterocycles. The number of aliphatic hydroxyl groups excluding tert-OH is 8. The number of hydrogen-bond acceptors (Lipinski definition) is 11. The van der Waals surface area contributed by atoms with E-state index in [0.29, 0.717) is 44.1 Å². The first kappa shape index (κ1) is 49.0. The zero-order chi connectivity index (χ0) is 44.5. The second-order valence-electron chi connectivity index (χ2n) is 18.0. The molecule has 0 aromatic carbocycles. The fourth-order valence-corrected chi connectivity index (χ4v) is 9.89. The van der Waals surface area contributed by atoms with Crippen LogP contribution in [0.5, 0.6) is 0 Å². The van der Waals surface area contributed by atoms with Gasteiger partial charge in [-0.15, -0.1) is 0 Å². The van der Waals surface area contributed by atoms with E-state index < -0.39 is 65.8 Å². The minimum absolute atomic E-state index is 0.0272. The van der Waals surface area contributed by atoms with Gasteiger partial charge in [0.25, 0.3) is 5.91 Å². The Morgan fingerprint density at radius 2 is 1.68 bits per heavy atom. The molecule has 0 bridgehead atoms. The second-order valence-corrected chi connectivity index (χ2v) is 18.0. The lowest BCUT2D eigenvalue weighted by molar-refractivity contribution is -0.118. The van der Waals surface area contributed by atoms with E-state index in [-0.39, 0.29) is 66.4 Å². The number of allylic oxidation sites excluding steroid dienone is 2. The average molecular weight is 841 g/mol. The first-order valence-corrected chi connectivity index (χ1v) is 21.8. The molecule has 1 amide bonds. The Bertz CT molecular complexity index is 1670. The Morgan fingerprint density at radius 3 is 2.35 bits per heavy atom. The number of nitrogens with two attached hydrogens (primary N) is 1. The van der Waals surface area contributed by atoms with Gasteiger partial charge < -0.3 is 56.8 Å². The van der Waals surface area contributed by atoms with Gasteiger partial charge in [-0.25, -0.2) is 0 Å². The van der Waals surface area contributed by atoms with Crippen molar-refractivity contribution in [3.8, 4) is 0 Å². The van der Waals surface area contributed by atoms with Crippen LogP contribution in [0.2, 0.25) is 0 Å². The quantitative estimate of drug-likeness (QED) is 0.0224. The molecule has 12 N–H and O–H groups in total. The summed E-state index contributed by atoms with van der Waals surface area (Å²) in [6.45, 7) is 9.83. The topological polar surface area (TPSA) is 261 Å². The highest BCUT2D eigenvalue weighted by Gasteiger charge is 2.56. The third kappa shape index (κ3) is 12.0. The third-order valence-corrected chi connectivity index (χ3v) is 13.7. The van der Waals surface area contributed by atoms with Crippen molar-refractivity contribution in [2.24, 2.45) is 40.7 Å². The van der Waals surface area contributed by atoms with E-state index in [1.54, 1.807) is 49.5 Å². The molecule has 0 unspecified atom stereocenters. The van der Waals surface area contributed by atoms with Gasteiger partial charge in [-0.2, -0.15) is 0 Å². The SMILES string of the molecule is CC1=C[C@@H]2[C@H](O)[C@@H](O)CC[C@@H]2[C@](C)(C(O)=C2C(=O)CNC2=O)[C@H]1CC[C@@H](C)[C@@H](O)/C(C)=C/C[C@H](O)/C=C/[C@H](C)[C@@H](O)/C=C/C[C@H](O)/C=C/C[C@@H](O)C[C@H]1CCCN1C(=N)N. The summed E-state index contributed by atoms with van der Waals surface area (Å²) >= 11 is 0. The fourth-order valence-electron chi connectivity index (χ4n) is 9.89. The molecule has 2 aliphatic heterocycles. The van der Waals surface area contributed by atoms with Crippen molar-refractivity contribution in [3.05, 3.63) is 71.1 Å². The standard InChI is InChI=1S/C46H72N4O10/c1-26(37(54)13-7-11-31(51)10-6-12-33(53)24-30-9-8-22-50(30)45(47)48)14-17-32(52)18-15-27(2)41(57)28(3)16-19-35-29(4)23-34-36(20-21-38(55)42(34)58)46(35,5)43(59)40-39(56)25-49-44(40)60/h6-7,10,13-15,17,23,26,28,30-38,41-42,51-55,57-59H,8-9,11-12,16,18-22,24-25H2,1-5H3,(H3,47,48)(H,49,60)/b10-6+,13-7+,17-14+,27-15+,43-40?/t26-,28+,30+,31+,32+,33+,34-,35-,36-,37-,38-,41-,42-,46+/m0/s1. The lowest BCUT2D eigenvalue weighted by atomic mass is 9.51. The average Bonchev–Trinajstić information content (AvgIpc) is 3.81. The molecule has 0 aromatic rings. The van der Waals surface area contributed by atoms with Gasteiger partial charge in [0.2, 0.25) is 0 Å². The molecule has 60 heavy (non-hydrogen) atoms. The zero-order valence-corrected chi connectivity index (χ0v) is 36.0. The number of ketones is 1. The van der Waals surface area contributed by atoms with Gasteiger partial charge in [-0.3, -0.25) is 15.0 Å². The first-order chi connectivity index (χ1) is 28.3. The van der Waals surface area contributed by atoms with Crippen LogP contribution in [0.1, 0.15) is 98.8 Å². The minimum Gasteiger partial charge on any atom is -0.511 e.